The monoisotopic (exact) mass is 303 g/mol. The van der Waals surface area contributed by atoms with Crippen LogP contribution in [0.15, 0.2) is 29.3 Å². The van der Waals surface area contributed by atoms with Crippen molar-refractivity contribution >= 4 is 27.4 Å². The Kier molecular flexibility index (Phi) is 6.11. The van der Waals surface area contributed by atoms with Crippen molar-refractivity contribution in [2.75, 3.05) is 25.6 Å². The van der Waals surface area contributed by atoms with E-state index in [9.17, 15) is 8.42 Å². The van der Waals surface area contributed by atoms with Gasteiger partial charge in [0.05, 0.1) is 5.75 Å². The first-order chi connectivity index (χ1) is 8.90. The molecule has 0 radical (unpaired) electrons. The summed E-state index contributed by atoms with van der Waals surface area (Å²) in [6.07, 6.45) is 1.21. The van der Waals surface area contributed by atoms with E-state index in [1.165, 1.54) is 6.26 Å². The Balaban J connectivity index is 2.41. The minimum atomic E-state index is -2.96. The maximum absolute atomic E-state index is 11.0. The number of guanidine groups is 1. The molecule has 0 aromatic heterocycles. The van der Waals surface area contributed by atoms with Crippen LogP contribution in [-0.4, -0.2) is 40.0 Å². The molecule has 0 aliphatic carbocycles. The topological polar surface area (TPSA) is 70.6 Å². The van der Waals surface area contributed by atoms with Crippen molar-refractivity contribution in [3.63, 3.8) is 0 Å². The molecular formula is C12H18ClN3O2S. The van der Waals surface area contributed by atoms with Crippen molar-refractivity contribution < 1.29 is 8.42 Å². The van der Waals surface area contributed by atoms with Crippen LogP contribution in [0.5, 0.6) is 0 Å². The second-order valence-electron chi connectivity index (χ2n) is 4.11. The van der Waals surface area contributed by atoms with Gasteiger partial charge in [-0.05, 0) is 17.7 Å². The summed E-state index contributed by atoms with van der Waals surface area (Å²) >= 11 is 5.89. The Bertz CT molecular complexity index is 544. The molecule has 1 aromatic rings. The van der Waals surface area contributed by atoms with Crippen LogP contribution in [0, 0.1) is 0 Å². The molecule has 2 N–H and O–H groups in total. The van der Waals surface area contributed by atoms with Gasteiger partial charge < -0.3 is 10.6 Å². The summed E-state index contributed by atoms with van der Waals surface area (Å²) in [7, 11) is -1.33. The van der Waals surface area contributed by atoms with Crippen LogP contribution in [0.4, 0.5) is 0 Å². The predicted octanol–water partition coefficient (Wildman–Crippen LogP) is 1.05. The van der Waals surface area contributed by atoms with Gasteiger partial charge in [-0.1, -0.05) is 23.7 Å². The molecule has 1 aromatic carbocycles. The Hall–Kier alpha value is -1.27. The minimum absolute atomic E-state index is 0.0743. The quantitative estimate of drug-likeness (QED) is 0.630. The van der Waals surface area contributed by atoms with Crippen LogP contribution in [-0.2, 0) is 16.4 Å². The SMILES string of the molecule is CN=C(NCCS(C)(=O)=O)NCc1cccc(Cl)c1. The van der Waals surface area contributed by atoms with Gasteiger partial charge in [0.25, 0.3) is 0 Å². The molecule has 0 aliphatic heterocycles. The van der Waals surface area contributed by atoms with Crippen molar-refractivity contribution in [2.24, 2.45) is 4.99 Å². The van der Waals surface area contributed by atoms with Crippen LogP contribution in [0.2, 0.25) is 5.02 Å². The zero-order valence-corrected chi connectivity index (χ0v) is 12.6. The predicted molar refractivity (Wildman–Crippen MR) is 79.4 cm³/mol. The molecule has 0 spiro atoms. The first-order valence-corrected chi connectivity index (χ1v) is 8.21. The summed E-state index contributed by atoms with van der Waals surface area (Å²) in [5, 5.41) is 6.70. The van der Waals surface area contributed by atoms with Gasteiger partial charge in [-0.15, -0.1) is 0 Å². The molecule has 0 atom stereocenters. The van der Waals surface area contributed by atoms with E-state index in [0.29, 0.717) is 24.1 Å². The average molecular weight is 304 g/mol. The second-order valence-corrected chi connectivity index (χ2v) is 6.81. The number of hydrogen-bond acceptors (Lipinski definition) is 3. The first kappa shape index (κ1) is 15.8. The third-order valence-electron chi connectivity index (χ3n) is 2.34. The number of hydrogen-bond donors (Lipinski definition) is 2. The summed E-state index contributed by atoms with van der Waals surface area (Å²) in [6, 6.07) is 7.49. The molecular weight excluding hydrogens is 286 g/mol. The summed E-state index contributed by atoms with van der Waals surface area (Å²) in [5.41, 5.74) is 1.03. The molecule has 0 aliphatic rings. The Morgan fingerprint density at radius 3 is 2.68 bits per heavy atom. The normalized spacial score (nSPS) is 12.3. The van der Waals surface area contributed by atoms with E-state index >= 15 is 0 Å². The molecule has 1 rings (SSSR count). The summed E-state index contributed by atoms with van der Waals surface area (Å²) in [4.78, 5) is 4.01. The highest BCUT2D eigenvalue weighted by molar-refractivity contribution is 7.90. The van der Waals surface area contributed by atoms with Gasteiger partial charge in [-0.25, -0.2) is 8.42 Å². The lowest BCUT2D eigenvalue weighted by Gasteiger charge is -2.11. The van der Waals surface area contributed by atoms with Gasteiger partial charge >= 0.3 is 0 Å². The lowest BCUT2D eigenvalue weighted by atomic mass is 10.2. The highest BCUT2D eigenvalue weighted by Crippen LogP contribution is 2.09. The number of aliphatic imine (C=N–C) groups is 1. The number of nitrogens with one attached hydrogen (secondary N) is 2. The maximum Gasteiger partial charge on any atom is 0.191 e. The molecule has 0 saturated heterocycles. The number of halogens is 1. The van der Waals surface area contributed by atoms with Gasteiger partial charge in [-0.3, -0.25) is 4.99 Å². The van der Waals surface area contributed by atoms with E-state index in [4.69, 9.17) is 11.6 Å². The van der Waals surface area contributed by atoms with E-state index < -0.39 is 9.84 Å². The Morgan fingerprint density at radius 2 is 2.11 bits per heavy atom. The molecule has 0 heterocycles. The number of benzene rings is 1. The molecule has 0 bridgehead atoms. The lowest BCUT2D eigenvalue weighted by molar-refractivity contribution is 0.600. The molecule has 0 saturated carbocycles. The molecule has 19 heavy (non-hydrogen) atoms. The van der Waals surface area contributed by atoms with Crippen LogP contribution in [0.1, 0.15) is 5.56 Å². The van der Waals surface area contributed by atoms with E-state index in [-0.39, 0.29) is 5.75 Å². The van der Waals surface area contributed by atoms with Gasteiger partial charge in [0.2, 0.25) is 0 Å². The van der Waals surface area contributed by atoms with Crippen LogP contribution in [0.25, 0.3) is 0 Å². The van der Waals surface area contributed by atoms with Crippen LogP contribution >= 0.6 is 11.6 Å². The fourth-order valence-electron chi connectivity index (χ4n) is 1.41. The summed E-state index contributed by atoms with van der Waals surface area (Å²) in [6.45, 7) is 0.896. The van der Waals surface area contributed by atoms with Crippen molar-refractivity contribution in [3.05, 3.63) is 34.9 Å². The Morgan fingerprint density at radius 1 is 1.37 bits per heavy atom. The lowest BCUT2D eigenvalue weighted by Crippen LogP contribution is -2.39. The highest BCUT2D eigenvalue weighted by atomic mass is 35.5. The first-order valence-electron chi connectivity index (χ1n) is 5.77. The summed E-state index contributed by atoms with van der Waals surface area (Å²) in [5.74, 6) is 0.633. The van der Waals surface area contributed by atoms with E-state index in [1.807, 2.05) is 24.3 Å². The fraction of sp³-hybridized carbons (Fsp3) is 0.417. The zero-order chi connectivity index (χ0) is 14.3. The number of rotatable bonds is 5. The number of nitrogens with zero attached hydrogens (tertiary/aromatic N) is 1. The zero-order valence-electron chi connectivity index (χ0n) is 11.0. The Labute approximate surface area is 119 Å². The van der Waals surface area contributed by atoms with Gasteiger partial charge in [-0.2, -0.15) is 0 Å². The molecule has 106 valence electrons. The van der Waals surface area contributed by atoms with Crippen molar-refractivity contribution in [1.29, 1.82) is 0 Å². The fourth-order valence-corrected chi connectivity index (χ4v) is 2.09. The molecule has 0 unspecified atom stereocenters. The second kappa shape index (κ2) is 7.35. The van der Waals surface area contributed by atoms with Crippen molar-refractivity contribution in [1.82, 2.24) is 10.6 Å². The molecule has 5 nitrogen and oxygen atoms in total. The number of sulfone groups is 1. The summed E-state index contributed by atoms with van der Waals surface area (Å²) < 4.78 is 22.0. The largest absolute Gasteiger partial charge is 0.355 e. The standard InChI is InChI=1S/C12H18ClN3O2S/c1-14-12(15-6-7-19(2,17)18)16-9-10-4-3-5-11(13)8-10/h3-5,8H,6-7,9H2,1-2H3,(H2,14,15,16). The average Bonchev–Trinajstić information content (AvgIpc) is 2.32. The maximum atomic E-state index is 11.0. The van der Waals surface area contributed by atoms with E-state index in [2.05, 4.69) is 15.6 Å². The van der Waals surface area contributed by atoms with Crippen LogP contribution in [0.3, 0.4) is 0 Å². The minimum Gasteiger partial charge on any atom is -0.355 e. The van der Waals surface area contributed by atoms with Crippen molar-refractivity contribution in [3.8, 4) is 0 Å². The third kappa shape index (κ3) is 7.03. The highest BCUT2D eigenvalue weighted by Gasteiger charge is 2.03. The molecule has 0 amide bonds. The van der Waals surface area contributed by atoms with Crippen molar-refractivity contribution in [2.45, 2.75) is 6.54 Å². The molecule has 7 heteroatoms. The molecule has 0 fully saturated rings. The smallest absolute Gasteiger partial charge is 0.191 e. The van der Waals surface area contributed by atoms with Gasteiger partial charge in [0.1, 0.15) is 9.84 Å². The van der Waals surface area contributed by atoms with E-state index in [1.54, 1.807) is 7.05 Å². The van der Waals surface area contributed by atoms with Gasteiger partial charge in [0, 0.05) is 31.4 Å². The third-order valence-corrected chi connectivity index (χ3v) is 3.52. The van der Waals surface area contributed by atoms with Gasteiger partial charge in [0.15, 0.2) is 5.96 Å². The van der Waals surface area contributed by atoms with Crippen LogP contribution < -0.4 is 10.6 Å². The van der Waals surface area contributed by atoms with E-state index in [0.717, 1.165) is 5.56 Å².